The molecule has 0 saturated carbocycles. The van der Waals surface area contributed by atoms with Crippen LogP contribution < -0.4 is 20.9 Å². The number of halogens is 3. The van der Waals surface area contributed by atoms with Crippen LogP contribution in [-0.4, -0.2) is 24.7 Å². The van der Waals surface area contributed by atoms with Gasteiger partial charge in [0, 0.05) is 18.7 Å². The van der Waals surface area contributed by atoms with E-state index < -0.39 is 6.36 Å². The number of ether oxygens (including phenoxy) is 1. The summed E-state index contributed by atoms with van der Waals surface area (Å²) in [4.78, 5) is 25.0. The second-order valence-electron chi connectivity index (χ2n) is 5.96. The highest BCUT2D eigenvalue weighted by Gasteiger charge is 2.31. The number of hydrazine groups is 1. The lowest BCUT2D eigenvalue weighted by molar-refractivity contribution is -0.274. The van der Waals surface area contributed by atoms with Crippen LogP contribution in [-0.2, 0) is 16.0 Å². The highest BCUT2D eigenvalue weighted by atomic mass is 19.4. The van der Waals surface area contributed by atoms with E-state index in [4.69, 9.17) is 5.84 Å². The van der Waals surface area contributed by atoms with Crippen LogP contribution in [0.4, 0.5) is 18.9 Å². The van der Waals surface area contributed by atoms with Crippen LogP contribution in [0.5, 0.6) is 5.75 Å². The lowest BCUT2D eigenvalue weighted by Crippen LogP contribution is -2.35. The number of fused-ring (bicyclic) bond motifs is 1. The molecule has 0 unspecified atom stereocenters. The van der Waals surface area contributed by atoms with E-state index in [1.54, 1.807) is 18.2 Å². The molecule has 142 valence electrons. The number of rotatable bonds is 5. The van der Waals surface area contributed by atoms with Crippen LogP contribution in [0.3, 0.4) is 0 Å². The molecule has 0 spiro atoms. The molecule has 2 aromatic carbocycles. The third-order valence-corrected chi connectivity index (χ3v) is 4.16. The minimum atomic E-state index is -4.74. The Morgan fingerprint density at radius 2 is 1.81 bits per heavy atom. The zero-order chi connectivity index (χ0) is 19.6. The molecule has 0 bridgehead atoms. The molecule has 0 aliphatic carbocycles. The Labute approximate surface area is 152 Å². The first kappa shape index (κ1) is 18.7. The van der Waals surface area contributed by atoms with E-state index in [1.165, 1.54) is 29.2 Å². The third kappa shape index (κ3) is 4.37. The first-order valence-corrected chi connectivity index (χ1v) is 8.06. The van der Waals surface area contributed by atoms with Gasteiger partial charge in [0.2, 0.25) is 11.8 Å². The Morgan fingerprint density at radius 3 is 2.44 bits per heavy atom. The maximum Gasteiger partial charge on any atom is 0.573 e. The van der Waals surface area contributed by atoms with Crippen molar-refractivity contribution in [1.29, 1.82) is 0 Å². The van der Waals surface area contributed by atoms with E-state index >= 15 is 0 Å². The fourth-order valence-electron chi connectivity index (χ4n) is 2.92. The number of carbonyl (C=O) groups is 2. The second-order valence-corrected chi connectivity index (χ2v) is 5.96. The minimum absolute atomic E-state index is 0.0649. The van der Waals surface area contributed by atoms with Gasteiger partial charge in [0.1, 0.15) is 5.75 Å². The van der Waals surface area contributed by atoms with Crippen molar-refractivity contribution in [2.24, 2.45) is 5.84 Å². The van der Waals surface area contributed by atoms with Crippen molar-refractivity contribution in [1.82, 2.24) is 5.43 Å². The maximum atomic E-state index is 12.3. The van der Waals surface area contributed by atoms with Crippen molar-refractivity contribution in [2.75, 3.05) is 11.4 Å². The summed E-state index contributed by atoms with van der Waals surface area (Å²) in [5, 5.41) is 0. The molecule has 1 heterocycles. The molecule has 0 aromatic heterocycles. The number of hydrogen-bond donors (Lipinski definition) is 2. The molecule has 3 rings (SSSR count). The average Bonchev–Trinajstić information content (AvgIpc) is 2.93. The first-order valence-electron chi connectivity index (χ1n) is 8.06. The molecule has 27 heavy (non-hydrogen) atoms. The van der Waals surface area contributed by atoms with Gasteiger partial charge >= 0.3 is 6.36 Å². The molecule has 1 aliphatic rings. The van der Waals surface area contributed by atoms with Crippen molar-refractivity contribution >= 4 is 17.5 Å². The minimum Gasteiger partial charge on any atom is -0.406 e. The average molecular weight is 379 g/mol. The van der Waals surface area contributed by atoms with E-state index in [0.29, 0.717) is 11.3 Å². The van der Waals surface area contributed by atoms with Crippen molar-refractivity contribution in [3.05, 3.63) is 48.0 Å². The molecule has 6 nitrogen and oxygen atoms in total. The first-order chi connectivity index (χ1) is 12.8. The normalized spacial score (nSPS) is 13.5. The van der Waals surface area contributed by atoms with Crippen molar-refractivity contribution in [3.63, 3.8) is 0 Å². The maximum absolute atomic E-state index is 12.3. The molecule has 2 amide bonds. The lowest BCUT2D eigenvalue weighted by atomic mass is 10.0. The van der Waals surface area contributed by atoms with Gasteiger partial charge in [-0.15, -0.1) is 13.2 Å². The lowest BCUT2D eigenvalue weighted by Gasteiger charge is -2.18. The van der Waals surface area contributed by atoms with Crippen LogP contribution in [0, 0.1) is 0 Å². The zero-order valence-electron chi connectivity index (χ0n) is 14.0. The summed E-state index contributed by atoms with van der Waals surface area (Å²) in [5.74, 6) is 4.24. The van der Waals surface area contributed by atoms with Gasteiger partial charge in [0.25, 0.3) is 0 Å². The van der Waals surface area contributed by atoms with Crippen molar-refractivity contribution in [3.8, 4) is 16.9 Å². The Balaban J connectivity index is 1.82. The number of nitrogens with zero attached hydrogens (tertiary/aromatic N) is 1. The molecule has 0 atom stereocenters. The summed E-state index contributed by atoms with van der Waals surface area (Å²) in [6.45, 7) is 0.191. The Kier molecular flexibility index (Phi) is 5.04. The SMILES string of the molecule is NNC(=O)CCN1C(=O)Cc2ccc(-c3ccc(OC(F)(F)F)cc3)cc21. The summed E-state index contributed by atoms with van der Waals surface area (Å²) in [7, 11) is 0. The molecule has 9 heteroatoms. The summed E-state index contributed by atoms with van der Waals surface area (Å²) < 4.78 is 40.6. The van der Waals surface area contributed by atoms with E-state index in [1.807, 2.05) is 5.43 Å². The van der Waals surface area contributed by atoms with Crippen LogP contribution in [0.1, 0.15) is 12.0 Å². The Morgan fingerprint density at radius 1 is 1.15 bits per heavy atom. The molecule has 0 saturated heterocycles. The van der Waals surface area contributed by atoms with Gasteiger partial charge in [0.15, 0.2) is 0 Å². The number of hydrogen-bond acceptors (Lipinski definition) is 4. The monoisotopic (exact) mass is 379 g/mol. The zero-order valence-corrected chi connectivity index (χ0v) is 14.0. The summed E-state index contributed by atoms with van der Waals surface area (Å²) in [5.41, 5.74) is 4.93. The number of amides is 2. The topological polar surface area (TPSA) is 84.7 Å². The fourth-order valence-corrected chi connectivity index (χ4v) is 2.92. The molecule has 0 fully saturated rings. The van der Waals surface area contributed by atoms with E-state index in [0.717, 1.165) is 11.1 Å². The molecular formula is C18H16F3N3O3. The number of alkyl halides is 3. The van der Waals surface area contributed by atoms with Gasteiger partial charge in [-0.2, -0.15) is 0 Å². The van der Waals surface area contributed by atoms with Gasteiger partial charge < -0.3 is 9.64 Å². The smallest absolute Gasteiger partial charge is 0.406 e. The number of nitrogens with two attached hydrogens (primary N) is 1. The van der Waals surface area contributed by atoms with E-state index in [2.05, 4.69) is 4.74 Å². The number of carbonyl (C=O) groups excluding carboxylic acids is 2. The standard InChI is InChI=1S/C18H16F3N3O3/c19-18(20,21)27-14-5-3-11(4-6-14)12-1-2-13-10-17(26)24(15(13)9-12)8-7-16(25)23-22/h1-6,9H,7-8,10,22H2,(H,23,25). The largest absolute Gasteiger partial charge is 0.573 e. The second kappa shape index (κ2) is 7.28. The molecule has 2 aromatic rings. The molecular weight excluding hydrogens is 363 g/mol. The number of anilines is 1. The molecule has 1 aliphatic heterocycles. The number of benzene rings is 2. The van der Waals surface area contributed by atoms with Gasteiger partial charge in [-0.1, -0.05) is 24.3 Å². The quantitative estimate of drug-likeness (QED) is 0.475. The summed E-state index contributed by atoms with van der Waals surface area (Å²) in [6.07, 6.45) is -4.45. The summed E-state index contributed by atoms with van der Waals surface area (Å²) in [6, 6.07) is 10.8. The van der Waals surface area contributed by atoms with Gasteiger partial charge in [-0.05, 0) is 34.9 Å². The van der Waals surface area contributed by atoms with Gasteiger partial charge in [-0.3, -0.25) is 15.0 Å². The predicted octanol–water partition coefficient (Wildman–Crippen LogP) is 2.52. The molecule has 3 N–H and O–H groups in total. The van der Waals surface area contributed by atoms with Crippen LogP contribution in [0.2, 0.25) is 0 Å². The summed E-state index contributed by atoms with van der Waals surface area (Å²) >= 11 is 0. The fraction of sp³-hybridized carbons (Fsp3) is 0.222. The van der Waals surface area contributed by atoms with Crippen LogP contribution in [0.25, 0.3) is 11.1 Å². The Bertz CT molecular complexity index is 866. The molecule has 0 radical (unpaired) electrons. The third-order valence-electron chi connectivity index (χ3n) is 4.16. The van der Waals surface area contributed by atoms with Gasteiger partial charge in [-0.25, -0.2) is 5.84 Å². The van der Waals surface area contributed by atoms with Gasteiger partial charge in [0.05, 0.1) is 6.42 Å². The van der Waals surface area contributed by atoms with Crippen molar-refractivity contribution in [2.45, 2.75) is 19.2 Å². The predicted molar refractivity (Wildman–Crippen MR) is 91.6 cm³/mol. The van der Waals surface area contributed by atoms with E-state index in [-0.39, 0.29) is 37.0 Å². The Hall–Kier alpha value is -3.07. The van der Waals surface area contributed by atoms with Crippen molar-refractivity contribution < 1.29 is 27.5 Å². The highest BCUT2D eigenvalue weighted by Crippen LogP contribution is 2.34. The number of nitrogens with one attached hydrogen (secondary N) is 1. The van der Waals surface area contributed by atoms with E-state index in [9.17, 15) is 22.8 Å². The van der Waals surface area contributed by atoms with Crippen LogP contribution >= 0.6 is 0 Å². The highest BCUT2D eigenvalue weighted by molar-refractivity contribution is 6.02. The van der Waals surface area contributed by atoms with Crippen LogP contribution in [0.15, 0.2) is 42.5 Å².